The Hall–Kier alpha value is -0.870. The minimum absolute atomic E-state index is 0. The van der Waals surface area contributed by atoms with Crippen LogP contribution < -0.4 is 0 Å². The predicted octanol–water partition coefficient (Wildman–Crippen LogP) is 5.09. The van der Waals surface area contributed by atoms with Gasteiger partial charge in [0.25, 0.3) is 0 Å². The molecule has 3 nitrogen and oxygen atoms in total. The van der Waals surface area contributed by atoms with Gasteiger partial charge < -0.3 is 4.79 Å². The van der Waals surface area contributed by atoms with Gasteiger partial charge in [-0.25, -0.2) is 8.42 Å². The number of aryl methyl sites for hydroxylation is 1. The Morgan fingerprint density at radius 1 is 1.17 bits per heavy atom. The van der Waals surface area contributed by atoms with Crippen LogP contribution in [0.4, 0.5) is 0 Å². The number of hydrogen-bond donors (Lipinski definition) is 0. The number of ketones is 1. The Bertz CT molecular complexity index is 593. The van der Waals surface area contributed by atoms with Gasteiger partial charge in [0.2, 0.25) is 0 Å². The average molecular weight is 363 g/mol. The molecule has 134 valence electrons. The average Bonchev–Trinajstić information content (AvgIpc) is 2.22. The second-order valence-corrected chi connectivity index (χ2v) is 9.75. The quantitative estimate of drug-likeness (QED) is 0.732. The van der Waals surface area contributed by atoms with Crippen LogP contribution in [-0.4, -0.2) is 20.5 Å². The molecule has 0 N–H and O–H groups in total. The first-order valence-electron chi connectivity index (χ1n) is 7.22. The third-order valence-electron chi connectivity index (χ3n) is 2.29. The van der Waals surface area contributed by atoms with E-state index in [4.69, 9.17) is 11.6 Å². The molecule has 0 spiro atoms. The van der Waals surface area contributed by atoms with Crippen molar-refractivity contribution in [3.63, 3.8) is 0 Å². The number of halogens is 1. The maximum Gasteiger partial charge on any atom is 0.151 e. The minimum Gasteiger partial charge on any atom is -0.300 e. The van der Waals surface area contributed by atoms with Crippen molar-refractivity contribution in [1.29, 1.82) is 0 Å². The second kappa shape index (κ2) is 10.1. The smallest absolute Gasteiger partial charge is 0.151 e. The highest BCUT2D eigenvalue weighted by Crippen LogP contribution is 2.20. The molecule has 23 heavy (non-hydrogen) atoms. The molecule has 0 saturated heterocycles. The zero-order chi connectivity index (χ0) is 17.6. The molecule has 0 heterocycles. The number of hydrogen-bond acceptors (Lipinski definition) is 3. The first-order chi connectivity index (χ1) is 9.78. The summed E-state index contributed by atoms with van der Waals surface area (Å²) < 4.78 is 22.2. The molecule has 0 bridgehead atoms. The van der Waals surface area contributed by atoms with Gasteiger partial charge in [0.05, 0.1) is 5.75 Å². The van der Waals surface area contributed by atoms with E-state index in [9.17, 15) is 13.2 Å². The van der Waals surface area contributed by atoms with Gasteiger partial charge in [-0.05, 0) is 36.0 Å². The van der Waals surface area contributed by atoms with Crippen molar-refractivity contribution in [3.8, 4) is 0 Å². The molecular weight excluding hydrogens is 332 g/mol. The van der Waals surface area contributed by atoms with Crippen LogP contribution in [0.2, 0.25) is 5.02 Å². The zero-order valence-electron chi connectivity index (χ0n) is 14.4. The van der Waals surface area contributed by atoms with E-state index in [1.54, 1.807) is 18.2 Å². The van der Waals surface area contributed by atoms with Crippen LogP contribution in [0, 0.1) is 5.41 Å². The molecule has 0 atom stereocenters. The van der Waals surface area contributed by atoms with Gasteiger partial charge >= 0.3 is 0 Å². The molecule has 0 aliphatic carbocycles. The molecule has 1 aromatic carbocycles. The lowest BCUT2D eigenvalue weighted by Gasteiger charge is -2.05. The van der Waals surface area contributed by atoms with Crippen molar-refractivity contribution in [2.45, 2.75) is 60.6 Å². The number of Topliss-reactive ketones (excluding diaryl/α,β-unsaturated/α-hetero) is 1. The van der Waals surface area contributed by atoms with E-state index in [2.05, 4.69) is 27.7 Å². The van der Waals surface area contributed by atoms with Gasteiger partial charge in [-0.3, -0.25) is 0 Å². The Labute approximate surface area is 147 Å². The predicted molar refractivity (Wildman–Crippen MR) is 101 cm³/mol. The summed E-state index contributed by atoms with van der Waals surface area (Å²) in [6.45, 7) is 10.3. The third kappa shape index (κ3) is 15.8. The standard InChI is InChI=1S/C12H15ClO3S.C5H12.CH4/c1-9(14)3-5-11-6-4-10(7-12(11)13)8-17(2,15)16;1-5(2,3)4;/h4,6-7H,3,5,8H2,1-2H3;1-4H3;1H4. The Morgan fingerprint density at radius 2 is 1.65 bits per heavy atom. The Morgan fingerprint density at radius 3 is 2.00 bits per heavy atom. The molecule has 1 rings (SSSR count). The van der Waals surface area contributed by atoms with E-state index < -0.39 is 9.84 Å². The van der Waals surface area contributed by atoms with Gasteiger partial charge in [-0.15, -0.1) is 0 Å². The number of benzene rings is 1. The van der Waals surface area contributed by atoms with E-state index in [0.717, 1.165) is 5.56 Å². The van der Waals surface area contributed by atoms with Crippen LogP contribution in [-0.2, 0) is 26.8 Å². The third-order valence-corrected chi connectivity index (χ3v) is 3.50. The maximum atomic E-state index is 11.1. The summed E-state index contributed by atoms with van der Waals surface area (Å²) >= 11 is 6.04. The molecule has 0 amide bonds. The summed E-state index contributed by atoms with van der Waals surface area (Å²) in [6, 6.07) is 5.17. The lowest BCUT2D eigenvalue weighted by atomic mass is 10.0. The largest absolute Gasteiger partial charge is 0.300 e. The summed E-state index contributed by atoms with van der Waals surface area (Å²) in [4.78, 5) is 10.9. The highest BCUT2D eigenvalue weighted by atomic mass is 35.5. The van der Waals surface area contributed by atoms with Crippen molar-refractivity contribution < 1.29 is 13.2 Å². The fourth-order valence-corrected chi connectivity index (χ4v) is 2.58. The summed E-state index contributed by atoms with van der Waals surface area (Å²) in [5.74, 6) is 0.0981. The molecular formula is C18H31ClO3S. The summed E-state index contributed by atoms with van der Waals surface area (Å²) in [7, 11) is -3.05. The fraction of sp³-hybridized carbons (Fsp3) is 0.611. The molecule has 1 aromatic rings. The normalized spacial score (nSPS) is 11.1. The van der Waals surface area contributed by atoms with E-state index in [0.29, 0.717) is 28.8 Å². The monoisotopic (exact) mass is 362 g/mol. The topological polar surface area (TPSA) is 51.2 Å². The SMILES string of the molecule is C.CC(=O)CCc1ccc(CS(C)(=O)=O)cc1Cl.CC(C)(C)C. The molecule has 0 fully saturated rings. The molecule has 5 heteroatoms. The van der Waals surface area contributed by atoms with Crippen molar-refractivity contribution in [2.24, 2.45) is 5.41 Å². The molecule has 0 aliphatic rings. The van der Waals surface area contributed by atoms with Gasteiger partial charge in [-0.1, -0.05) is 58.9 Å². The van der Waals surface area contributed by atoms with E-state index in [1.807, 2.05) is 0 Å². The highest BCUT2D eigenvalue weighted by Gasteiger charge is 2.08. The highest BCUT2D eigenvalue weighted by molar-refractivity contribution is 7.89. The molecule has 0 unspecified atom stereocenters. The Balaban J connectivity index is 0. The maximum absolute atomic E-state index is 11.1. The van der Waals surface area contributed by atoms with Crippen LogP contribution in [0.3, 0.4) is 0 Å². The summed E-state index contributed by atoms with van der Waals surface area (Å²) in [5.41, 5.74) is 2.04. The lowest BCUT2D eigenvalue weighted by molar-refractivity contribution is -0.116. The minimum atomic E-state index is -3.05. The van der Waals surface area contributed by atoms with Crippen LogP contribution in [0.1, 0.15) is 59.6 Å². The van der Waals surface area contributed by atoms with Crippen molar-refractivity contribution in [3.05, 3.63) is 34.3 Å². The summed E-state index contributed by atoms with van der Waals surface area (Å²) in [5, 5.41) is 0.521. The Kier molecular flexibility index (Phi) is 10.7. The van der Waals surface area contributed by atoms with Gasteiger partial charge in [0, 0.05) is 17.7 Å². The van der Waals surface area contributed by atoms with Crippen LogP contribution in [0.15, 0.2) is 18.2 Å². The van der Waals surface area contributed by atoms with E-state index >= 15 is 0 Å². The van der Waals surface area contributed by atoms with Crippen molar-refractivity contribution >= 4 is 27.2 Å². The number of rotatable bonds is 5. The van der Waals surface area contributed by atoms with Crippen molar-refractivity contribution in [1.82, 2.24) is 0 Å². The number of carbonyl (C=O) groups excluding carboxylic acids is 1. The lowest BCUT2D eigenvalue weighted by Crippen LogP contribution is -2.01. The van der Waals surface area contributed by atoms with Crippen LogP contribution in [0.5, 0.6) is 0 Å². The van der Waals surface area contributed by atoms with Crippen molar-refractivity contribution in [2.75, 3.05) is 6.26 Å². The molecule has 0 saturated carbocycles. The molecule has 0 aromatic heterocycles. The number of carbonyl (C=O) groups is 1. The van der Waals surface area contributed by atoms with Crippen LogP contribution in [0.25, 0.3) is 0 Å². The van der Waals surface area contributed by atoms with Gasteiger partial charge in [0.1, 0.15) is 5.78 Å². The van der Waals surface area contributed by atoms with Gasteiger partial charge in [-0.2, -0.15) is 0 Å². The number of sulfone groups is 1. The van der Waals surface area contributed by atoms with E-state index in [1.165, 1.54) is 13.2 Å². The second-order valence-electron chi connectivity index (χ2n) is 7.20. The zero-order valence-corrected chi connectivity index (χ0v) is 15.9. The first-order valence-corrected chi connectivity index (χ1v) is 9.66. The van der Waals surface area contributed by atoms with Crippen LogP contribution >= 0.6 is 11.6 Å². The van der Waals surface area contributed by atoms with E-state index in [-0.39, 0.29) is 19.0 Å². The summed E-state index contributed by atoms with van der Waals surface area (Å²) in [6.07, 6.45) is 2.23. The first kappa shape index (κ1) is 24.4. The fourth-order valence-electron chi connectivity index (χ4n) is 1.50. The molecule has 0 aliphatic heterocycles. The molecule has 0 radical (unpaired) electrons. The van der Waals surface area contributed by atoms with Gasteiger partial charge in [0.15, 0.2) is 9.84 Å².